The molecule has 0 amide bonds. The fourth-order valence-electron chi connectivity index (χ4n) is 3.18. The third-order valence-corrected chi connectivity index (χ3v) is 4.26. The first-order valence-electron chi connectivity index (χ1n) is 7.59. The topological polar surface area (TPSA) is 88.2 Å². The van der Waals surface area contributed by atoms with Gasteiger partial charge >= 0.3 is 5.97 Å². The number of aromatic nitrogens is 3. The average molecular weight is 301 g/mol. The van der Waals surface area contributed by atoms with Crippen molar-refractivity contribution in [2.45, 2.75) is 44.6 Å². The number of benzene rings is 1. The second kappa shape index (κ2) is 6.27. The molecular weight excluding hydrogens is 282 g/mol. The van der Waals surface area contributed by atoms with Crippen LogP contribution in [-0.4, -0.2) is 31.2 Å². The molecule has 1 aliphatic rings. The molecule has 2 aromatic rings. The van der Waals surface area contributed by atoms with Gasteiger partial charge in [-0.05, 0) is 31.0 Å². The third kappa shape index (κ3) is 2.74. The molecule has 0 radical (unpaired) electrons. The third-order valence-electron chi connectivity index (χ3n) is 4.26. The Hall–Kier alpha value is -2.21. The maximum absolute atomic E-state index is 11.1. The Balaban J connectivity index is 2.05. The van der Waals surface area contributed by atoms with Crippen LogP contribution in [0.1, 0.15) is 59.8 Å². The molecule has 6 nitrogen and oxygen atoms in total. The lowest BCUT2D eigenvalue weighted by Gasteiger charge is -2.23. The number of aromatic carboxylic acids is 1. The Kier molecular flexibility index (Phi) is 4.20. The fourth-order valence-corrected chi connectivity index (χ4v) is 3.18. The van der Waals surface area contributed by atoms with E-state index in [9.17, 15) is 9.90 Å². The van der Waals surface area contributed by atoms with Crippen molar-refractivity contribution in [2.24, 2.45) is 0 Å². The van der Waals surface area contributed by atoms with Crippen molar-refractivity contribution >= 4 is 5.97 Å². The van der Waals surface area contributed by atoms with E-state index in [4.69, 9.17) is 5.11 Å². The zero-order chi connectivity index (χ0) is 15.5. The Morgan fingerprint density at radius 2 is 2.05 bits per heavy atom. The summed E-state index contributed by atoms with van der Waals surface area (Å²) in [5.41, 5.74) is 2.40. The molecule has 116 valence electrons. The van der Waals surface area contributed by atoms with Gasteiger partial charge in [-0.15, -0.1) is 5.10 Å². The summed E-state index contributed by atoms with van der Waals surface area (Å²) in [6.45, 7) is -0.148. The number of aliphatic hydroxyl groups is 1. The van der Waals surface area contributed by atoms with Gasteiger partial charge in [-0.1, -0.05) is 30.5 Å². The molecule has 1 aliphatic carbocycles. The zero-order valence-corrected chi connectivity index (χ0v) is 12.3. The van der Waals surface area contributed by atoms with Gasteiger partial charge in [0.05, 0.1) is 23.6 Å². The maximum atomic E-state index is 11.1. The molecule has 0 unspecified atom stereocenters. The predicted octanol–water partition coefficient (Wildman–Crippen LogP) is 2.51. The molecular formula is C16H19N3O3. The van der Waals surface area contributed by atoms with Crippen molar-refractivity contribution in [1.82, 2.24) is 15.0 Å². The van der Waals surface area contributed by atoms with Crippen molar-refractivity contribution in [2.75, 3.05) is 0 Å². The van der Waals surface area contributed by atoms with E-state index in [1.54, 1.807) is 22.9 Å². The molecule has 1 saturated carbocycles. The van der Waals surface area contributed by atoms with Gasteiger partial charge in [0.15, 0.2) is 0 Å². The molecule has 1 aromatic carbocycles. The van der Waals surface area contributed by atoms with Crippen LogP contribution in [0, 0.1) is 0 Å². The van der Waals surface area contributed by atoms with Crippen molar-refractivity contribution in [1.29, 1.82) is 0 Å². The van der Waals surface area contributed by atoms with Gasteiger partial charge < -0.3 is 10.2 Å². The molecule has 0 saturated heterocycles. The van der Waals surface area contributed by atoms with Crippen LogP contribution in [0.2, 0.25) is 0 Å². The minimum atomic E-state index is -0.969. The van der Waals surface area contributed by atoms with E-state index in [1.165, 1.54) is 6.42 Å². The first kappa shape index (κ1) is 14.7. The van der Waals surface area contributed by atoms with Gasteiger partial charge in [-0.25, -0.2) is 9.48 Å². The molecule has 1 heterocycles. The van der Waals surface area contributed by atoms with E-state index >= 15 is 0 Å². The highest BCUT2D eigenvalue weighted by Crippen LogP contribution is 2.35. The molecule has 3 rings (SSSR count). The van der Waals surface area contributed by atoms with Gasteiger partial charge in [0, 0.05) is 5.92 Å². The average Bonchev–Trinajstić information content (AvgIpc) is 2.99. The fraction of sp³-hybridized carbons (Fsp3) is 0.438. The Morgan fingerprint density at radius 3 is 2.73 bits per heavy atom. The molecule has 0 bridgehead atoms. The number of aliphatic hydroxyl groups excluding tert-OH is 1. The lowest BCUT2D eigenvalue weighted by molar-refractivity contribution is 0.0697. The summed E-state index contributed by atoms with van der Waals surface area (Å²) >= 11 is 0. The van der Waals surface area contributed by atoms with E-state index < -0.39 is 5.97 Å². The number of carbonyl (C=O) groups is 1. The summed E-state index contributed by atoms with van der Waals surface area (Å²) in [6.07, 6.45) is 5.67. The highest BCUT2D eigenvalue weighted by molar-refractivity contribution is 5.88. The van der Waals surface area contributed by atoms with E-state index in [1.807, 2.05) is 6.07 Å². The van der Waals surface area contributed by atoms with Crippen molar-refractivity contribution < 1.29 is 15.0 Å². The van der Waals surface area contributed by atoms with E-state index in [-0.39, 0.29) is 12.2 Å². The van der Waals surface area contributed by atoms with Gasteiger partial charge in [-0.3, -0.25) is 0 Å². The number of carboxylic acid groups (broad SMARTS) is 1. The largest absolute Gasteiger partial charge is 0.478 e. The number of hydrogen-bond donors (Lipinski definition) is 2. The van der Waals surface area contributed by atoms with Gasteiger partial charge in [-0.2, -0.15) is 0 Å². The normalized spacial score (nSPS) is 15.9. The van der Waals surface area contributed by atoms with E-state index in [0.717, 1.165) is 31.4 Å². The summed E-state index contributed by atoms with van der Waals surface area (Å²) < 4.78 is 1.69. The molecule has 0 spiro atoms. The van der Waals surface area contributed by atoms with Gasteiger partial charge in [0.2, 0.25) is 0 Å². The van der Waals surface area contributed by atoms with E-state index in [2.05, 4.69) is 10.3 Å². The molecule has 2 N–H and O–H groups in total. The van der Waals surface area contributed by atoms with Crippen LogP contribution in [-0.2, 0) is 6.61 Å². The Morgan fingerprint density at radius 1 is 1.27 bits per heavy atom. The molecule has 1 aromatic heterocycles. The van der Waals surface area contributed by atoms with Crippen molar-refractivity contribution in [3.05, 3.63) is 41.2 Å². The van der Waals surface area contributed by atoms with E-state index in [0.29, 0.717) is 17.3 Å². The Bertz CT molecular complexity index is 675. The molecule has 22 heavy (non-hydrogen) atoms. The highest BCUT2D eigenvalue weighted by Gasteiger charge is 2.25. The predicted molar refractivity (Wildman–Crippen MR) is 80.1 cm³/mol. The van der Waals surface area contributed by atoms with Crippen LogP contribution < -0.4 is 0 Å². The van der Waals surface area contributed by atoms with Crippen LogP contribution in [0.5, 0.6) is 0 Å². The zero-order valence-electron chi connectivity index (χ0n) is 12.3. The SMILES string of the molecule is O=C(O)c1cccc(-n2nnc(CO)c2C2CCCCC2)c1. The first-order valence-corrected chi connectivity index (χ1v) is 7.59. The van der Waals surface area contributed by atoms with Crippen molar-refractivity contribution in [3.63, 3.8) is 0 Å². The molecule has 0 atom stereocenters. The minimum Gasteiger partial charge on any atom is -0.478 e. The maximum Gasteiger partial charge on any atom is 0.335 e. The number of hydrogen-bond acceptors (Lipinski definition) is 4. The summed E-state index contributed by atoms with van der Waals surface area (Å²) in [5, 5.41) is 26.9. The summed E-state index contributed by atoms with van der Waals surface area (Å²) in [4.78, 5) is 11.1. The second-order valence-corrected chi connectivity index (χ2v) is 5.68. The standard InChI is InChI=1S/C16H19N3O3/c20-10-14-15(11-5-2-1-3-6-11)19(18-17-14)13-8-4-7-12(9-13)16(21)22/h4,7-9,11,20H,1-3,5-6,10H2,(H,21,22). The summed E-state index contributed by atoms with van der Waals surface area (Å²) in [7, 11) is 0. The Labute approximate surface area is 128 Å². The molecule has 0 aliphatic heterocycles. The highest BCUT2D eigenvalue weighted by atomic mass is 16.4. The first-order chi connectivity index (χ1) is 10.7. The van der Waals surface area contributed by atoms with Crippen molar-refractivity contribution in [3.8, 4) is 5.69 Å². The minimum absolute atomic E-state index is 0.148. The number of rotatable bonds is 4. The quantitative estimate of drug-likeness (QED) is 0.906. The smallest absolute Gasteiger partial charge is 0.335 e. The van der Waals surface area contributed by atoms with Gasteiger partial charge in [0.25, 0.3) is 0 Å². The monoisotopic (exact) mass is 301 g/mol. The second-order valence-electron chi connectivity index (χ2n) is 5.68. The van der Waals surface area contributed by atoms with Gasteiger partial charge in [0.1, 0.15) is 5.69 Å². The molecule has 6 heteroatoms. The van der Waals surface area contributed by atoms with Crippen LogP contribution in [0.3, 0.4) is 0 Å². The van der Waals surface area contributed by atoms with Crippen LogP contribution in [0.4, 0.5) is 0 Å². The lowest BCUT2D eigenvalue weighted by Crippen LogP contribution is -2.13. The lowest BCUT2D eigenvalue weighted by atomic mass is 9.86. The number of carboxylic acids is 1. The van der Waals surface area contributed by atoms with Crippen LogP contribution >= 0.6 is 0 Å². The van der Waals surface area contributed by atoms with Crippen LogP contribution in [0.25, 0.3) is 5.69 Å². The number of nitrogens with zero attached hydrogens (tertiary/aromatic N) is 3. The summed E-state index contributed by atoms with van der Waals surface area (Å²) in [5.74, 6) is -0.650. The molecule has 1 fully saturated rings. The van der Waals surface area contributed by atoms with Crippen LogP contribution in [0.15, 0.2) is 24.3 Å². The summed E-state index contributed by atoms with van der Waals surface area (Å²) in [6, 6.07) is 6.65.